The molecule has 6 heterocycles. The van der Waals surface area contributed by atoms with Crippen LogP contribution in [-0.4, -0.2) is 85.5 Å². The third-order valence-corrected chi connectivity index (χ3v) is 15.2. The second kappa shape index (κ2) is 20.0. The third kappa shape index (κ3) is 9.78. The number of imide groups is 1. The van der Waals surface area contributed by atoms with Gasteiger partial charge in [-0.05, 0) is 141 Å². The number of carboxylic acid groups (broad SMARTS) is 1. The molecule has 4 amide bonds. The van der Waals surface area contributed by atoms with Gasteiger partial charge in [0.1, 0.15) is 5.82 Å². The maximum Gasteiger partial charge on any atom is 0.355 e. The number of anilines is 3. The van der Waals surface area contributed by atoms with Crippen LogP contribution in [0.2, 0.25) is 0 Å². The first-order chi connectivity index (χ1) is 33.9. The maximum absolute atomic E-state index is 13.6. The second-order valence-corrected chi connectivity index (χ2v) is 19.8. The number of aromatic nitrogens is 4. The first kappa shape index (κ1) is 46.4. The molecule has 0 bridgehead atoms. The second-order valence-electron chi connectivity index (χ2n) is 18.8. The van der Waals surface area contributed by atoms with Crippen LogP contribution in [0.25, 0.3) is 32.2 Å². The number of aromatic carboxylic acids is 1. The summed E-state index contributed by atoms with van der Waals surface area (Å²) in [6, 6.07) is 29.0. The molecule has 3 aromatic heterocycles. The summed E-state index contributed by atoms with van der Waals surface area (Å²) in [6.45, 7) is 5.16. The van der Waals surface area contributed by atoms with E-state index in [9.17, 15) is 29.1 Å². The maximum atomic E-state index is 13.6. The van der Waals surface area contributed by atoms with E-state index in [4.69, 9.17) is 4.98 Å². The lowest BCUT2D eigenvalue weighted by Gasteiger charge is -2.31. The van der Waals surface area contributed by atoms with Crippen LogP contribution in [0.3, 0.4) is 0 Å². The Morgan fingerprint density at radius 2 is 1.69 bits per heavy atom. The van der Waals surface area contributed by atoms with Crippen molar-refractivity contribution in [1.29, 1.82) is 0 Å². The van der Waals surface area contributed by atoms with Gasteiger partial charge in [-0.1, -0.05) is 66.6 Å². The van der Waals surface area contributed by atoms with E-state index >= 15 is 0 Å². The van der Waals surface area contributed by atoms with Crippen molar-refractivity contribution in [3.8, 4) is 11.1 Å². The lowest BCUT2D eigenvalue weighted by Crippen LogP contribution is -2.39. The van der Waals surface area contributed by atoms with Crippen LogP contribution in [0.15, 0.2) is 91.0 Å². The molecular formula is C54H55N9O6S. The molecular weight excluding hydrogens is 903 g/mol. The van der Waals surface area contributed by atoms with Crippen LogP contribution in [0.5, 0.6) is 0 Å². The molecule has 0 radical (unpaired) electrons. The van der Waals surface area contributed by atoms with Gasteiger partial charge in [-0.15, -0.1) is 0 Å². The van der Waals surface area contributed by atoms with Crippen LogP contribution in [0.1, 0.15) is 99.7 Å². The Morgan fingerprint density at radius 3 is 2.50 bits per heavy atom. The smallest absolute Gasteiger partial charge is 0.355 e. The standard InChI is InChI=1S/C54H55N9O6S/c1-32-34(10-4-3-9-33-23-26-62(27-24-33)31-48(65)55-36-17-18-40-44(29-36)61(2)60-49(40)41-20-22-47(64)58-52(41)67)11-7-13-37(32)38-19-21-46(57-50(38)53(68)69)63-28-25-35-12-8-14-39(42(35)30-63)51(66)59-54-56-43-15-5-6-16-45(43)70-54/h5-8,11-19,21,29,33,41H,3-4,9-10,20,22-28,30-31H2,1-2H3,(H,55,65)(H,68,69)(H,56,59,66)(H,58,64,67). The molecule has 10 rings (SSSR count). The Balaban J connectivity index is 0.709. The quantitative estimate of drug-likeness (QED) is 0.0603. The number of fused-ring (bicyclic) bond motifs is 3. The molecule has 1 atom stereocenters. The number of nitrogens with zero attached hydrogens (tertiary/aromatic N) is 6. The van der Waals surface area contributed by atoms with Gasteiger partial charge in [0.05, 0.1) is 33.9 Å². The molecule has 3 aliphatic heterocycles. The van der Waals surface area contributed by atoms with Gasteiger partial charge in [-0.2, -0.15) is 5.10 Å². The predicted molar refractivity (Wildman–Crippen MR) is 271 cm³/mol. The molecule has 16 heteroatoms. The Morgan fingerprint density at radius 1 is 0.857 bits per heavy atom. The van der Waals surface area contributed by atoms with Gasteiger partial charge >= 0.3 is 5.97 Å². The van der Waals surface area contributed by atoms with Crippen molar-refractivity contribution in [2.45, 2.75) is 77.2 Å². The van der Waals surface area contributed by atoms with Crippen molar-refractivity contribution >= 4 is 78.7 Å². The number of hydrogen-bond acceptors (Lipinski definition) is 11. The molecule has 0 saturated carbocycles. The number of carboxylic acids is 1. The van der Waals surface area contributed by atoms with E-state index in [-0.39, 0.29) is 35.7 Å². The van der Waals surface area contributed by atoms with Gasteiger partial charge in [-0.25, -0.2) is 14.8 Å². The number of unbranched alkanes of at least 4 members (excludes halogenated alkanes) is 1. The molecule has 4 N–H and O–H groups in total. The number of piperidine rings is 2. The van der Waals surface area contributed by atoms with Crippen LogP contribution in [-0.2, 0) is 40.8 Å². The first-order valence-corrected chi connectivity index (χ1v) is 25.0. The molecule has 70 heavy (non-hydrogen) atoms. The monoisotopic (exact) mass is 957 g/mol. The fourth-order valence-electron chi connectivity index (χ4n) is 10.5. The van der Waals surface area contributed by atoms with Crippen LogP contribution in [0, 0.1) is 12.8 Å². The number of rotatable bonds is 14. The van der Waals surface area contributed by atoms with E-state index in [0.29, 0.717) is 71.9 Å². The van der Waals surface area contributed by atoms with Crippen molar-refractivity contribution in [2.24, 2.45) is 13.0 Å². The number of likely N-dealkylation sites (tertiary alicyclic amines) is 1. The van der Waals surface area contributed by atoms with Gasteiger partial charge in [0.15, 0.2) is 10.8 Å². The van der Waals surface area contributed by atoms with Crippen LogP contribution < -0.4 is 20.9 Å². The molecule has 358 valence electrons. The summed E-state index contributed by atoms with van der Waals surface area (Å²) < 4.78 is 2.71. The lowest BCUT2D eigenvalue weighted by atomic mass is 9.89. The number of amides is 4. The molecule has 0 spiro atoms. The third-order valence-electron chi connectivity index (χ3n) is 14.3. The Labute approximate surface area is 409 Å². The summed E-state index contributed by atoms with van der Waals surface area (Å²) in [7, 11) is 1.81. The van der Waals surface area contributed by atoms with Crippen molar-refractivity contribution in [3.05, 3.63) is 130 Å². The molecule has 2 fully saturated rings. The zero-order valence-corrected chi connectivity index (χ0v) is 40.1. The highest BCUT2D eigenvalue weighted by molar-refractivity contribution is 7.22. The number of pyridine rings is 1. The largest absolute Gasteiger partial charge is 0.476 e. The minimum Gasteiger partial charge on any atom is -0.476 e. The van der Waals surface area contributed by atoms with Gasteiger partial charge in [0, 0.05) is 48.8 Å². The normalized spacial score (nSPS) is 16.6. The summed E-state index contributed by atoms with van der Waals surface area (Å²) in [4.78, 5) is 77.4. The highest BCUT2D eigenvalue weighted by Crippen LogP contribution is 2.35. The number of carbonyl (C=O) groups is 5. The molecule has 7 aromatic rings. The van der Waals surface area contributed by atoms with Crippen molar-refractivity contribution < 1.29 is 29.1 Å². The van der Waals surface area contributed by atoms with E-state index < -0.39 is 11.9 Å². The Kier molecular flexibility index (Phi) is 13.2. The molecule has 1 unspecified atom stereocenters. The number of thiazole rings is 1. The molecule has 15 nitrogen and oxygen atoms in total. The predicted octanol–water partition coefficient (Wildman–Crippen LogP) is 8.65. The SMILES string of the molecule is Cc1c(CCCCC2CCN(CC(=O)Nc3ccc4c(C5CCC(=O)NC5=O)nn(C)c4c3)CC2)cccc1-c1ccc(N2CCc3cccc(C(=O)Nc4nc5ccccc5s4)c3C2)nc1C(=O)O. The van der Waals surface area contributed by atoms with E-state index in [0.717, 1.165) is 95.0 Å². The number of carbonyl (C=O) groups excluding carboxylic acids is 4. The number of nitrogens with one attached hydrogen (secondary N) is 3. The molecule has 4 aromatic carbocycles. The topological polar surface area (TPSA) is 192 Å². The fourth-order valence-corrected chi connectivity index (χ4v) is 11.4. The Hall–Kier alpha value is -7.30. The summed E-state index contributed by atoms with van der Waals surface area (Å²) >= 11 is 1.43. The average molecular weight is 958 g/mol. The van der Waals surface area contributed by atoms with E-state index in [1.54, 1.807) is 4.68 Å². The number of aryl methyl sites for hydroxylation is 2. The number of benzene rings is 4. The van der Waals surface area contributed by atoms with E-state index in [1.807, 2.05) is 96.9 Å². The first-order valence-electron chi connectivity index (χ1n) is 24.1. The number of hydrogen-bond donors (Lipinski definition) is 4. The highest BCUT2D eigenvalue weighted by Gasteiger charge is 2.32. The Bertz CT molecular complexity index is 3160. The van der Waals surface area contributed by atoms with Gasteiger partial charge in [0.25, 0.3) is 5.91 Å². The summed E-state index contributed by atoms with van der Waals surface area (Å²) in [5.41, 5.74) is 9.19. The summed E-state index contributed by atoms with van der Waals surface area (Å²) in [6.07, 6.45) is 7.58. The van der Waals surface area contributed by atoms with Crippen molar-refractivity contribution in [3.63, 3.8) is 0 Å². The highest BCUT2D eigenvalue weighted by atomic mass is 32.1. The zero-order valence-electron chi connectivity index (χ0n) is 39.3. The lowest BCUT2D eigenvalue weighted by molar-refractivity contribution is -0.134. The minimum atomic E-state index is -1.09. The van der Waals surface area contributed by atoms with Gasteiger partial charge in [0.2, 0.25) is 17.7 Å². The molecule has 3 aliphatic rings. The minimum absolute atomic E-state index is 0.00234. The summed E-state index contributed by atoms with van der Waals surface area (Å²) in [5, 5.41) is 24.9. The van der Waals surface area contributed by atoms with Crippen LogP contribution >= 0.6 is 11.3 Å². The van der Waals surface area contributed by atoms with Gasteiger partial charge in [-0.3, -0.25) is 39.4 Å². The fraction of sp³-hybridized carbons (Fsp3) is 0.333. The summed E-state index contributed by atoms with van der Waals surface area (Å²) in [5.74, 6) is -1.31. The molecule has 2 saturated heterocycles. The molecule has 0 aliphatic carbocycles. The van der Waals surface area contributed by atoms with Crippen molar-refractivity contribution in [2.75, 3.05) is 41.7 Å². The van der Waals surface area contributed by atoms with E-state index in [2.05, 4.69) is 43.9 Å². The van der Waals surface area contributed by atoms with E-state index in [1.165, 1.54) is 16.9 Å². The van der Waals surface area contributed by atoms with Crippen molar-refractivity contribution in [1.82, 2.24) is 30.0 Å². The zero-order chi connectivity index (χ0) is 48.5. The van der Waals surface area contributed by atoms with Gasteiger partial charge < -0.3 is 15.3 Å². The average Bonchev–Trinajstić information content (AvgIpc) is 3.92. The van der Waals surface area contributed by atoms with Crippen LogP contribution in [0.4, 0.5) is 16.6 Å². The number of para-hydroxylation sites is 1.